The van der Waals surface area contributed by atoms with Gasteiger partial charge < -0.3 is 9.31 Å². The van der Waals surface area contributed by atoms with Crippen LogP contribution < -0.4 is 0 Å². The number of rotatable bonds is 2. The predicted molar refractivity (Wildman–Crippen MR) is 72.0 cm³/mol. The first-order valence-electron chi connectivity index (χ1n) is 6.79. The lowest BCUT2D eigenvalue weighted by molar-refractivity contribution is 0.00578. The van der Waals surface area contributed by atoms with Crippen LogP contribution in [0.3, 0.4) is 0 Å². The van der Waals surface area contributed by atoms with E-state index in [9.17, 15) is 0 Å². The van der Waals surface area contributed by atoms with Gasteiger partial charge in [-0.05, 0) is 46.5 Å². The molecule has 1 saturated heterocycles. The number of allylic oxidation sites excluding steroid dienone is 2. The van der Waals surface area contributed by atoms with Crippen LogP contribution in [-0.2, 0) is 9.31 Å². The second-order valence-corrected chi connectivity index (χ2v) is 6.72. The molecule has 3 heteroatoms. The molecular weight excluding hydrogens is 211 g/mol. The van der Waals surface area contributed by atoms with E-state index in [-0.39, 0.29) is 18.3 Å². The third-order valence-electron chi connectivity index (χ3n) is 4.56. The molecule has 1 aliphatic heterocycles. The molecule has 17 heavy (non-hydrogen) atoms. The monoisotopic (exact) mass is 236 g/mol. The summed E-state index contributed by atoms with van der Waals surface area (Å²) in [4.78, 5) is 0. The molecule has 0 aromatic carbocycles. The summed E-state index contributed by atoms with van der Waals surface area (Å²) in [6.45, 7) is 13.0. The maximum absolute atomic E-state index is 6.11. The van der Waals surface area contributed by atoms with Crippen LogP contribution in [0.1, 0.15) is 54.4 Å². The van der Waals surface area contributed by atoms with E-state index in [1.54, 1.807) is 5.57 Å². The zero-order chi connectivity index (χ0) is 12.8. The van der Waals surface area contributed by atoms with Crippen molar-refractivity contribution in [1.82, 2.24) is 0 Å². The fourth-order valence-corrected chi connectivity index (χ4v) is 2.53. The van der Waals surface area contributed by atoms with Crippen molar-refractivity contribution in [3.63, 3.8) is 0 Å². The Morgan fingerprint density at radius 3 is 2.12 bits per heavy atom. The SMILES string of the molecule is CC(C)C1=C[C@@H](B2OC(C)(C)C(C)(C)O2)CC1. The lowest BCUT2D eigenvalue weighted by Crippen LogP contribution is -2.41. The summed E-state index contributed by atoms with van der Waals surface area (Å²) in [6, 6.07) is 0. The van der Waals surface area contributed by atoms with Gasteiger partial charge in [-0.2, -0.15) is 0 Å². The van der Waals surface area contributed by atoms with Gasteiger partial charge in [-0.25, -0.2) is 0 Å². The Kier molecular flexibility index (Phi) is 3.20. The van der Waals surface area contributed by atoms with Crippen molar-refractivity contribution in [2.45, 2.75) is 71.4 Å². The smallest absolute Gasteiger partial charge is 0.403 e. The molecule has 0 radical (unpaired) electrons. The zero-order valence-electron chi connectivity index (χ0n) is 12.0. The summed E-state index contributed by atoms with van der Waals surface area (Å²) in [5.74, 6) is 1.09. The molecule has 0 unspecified atom stereocenters. The van der Waals surface area contributed by atoms with Crippen molar-refractivity contribution in [3.05, 3.63) is 11.6 Å². The minimum absolute atomic E-state index is 0.0590. The zero-order valence-corrected chi connectivity index (χ0v) is 12.0. The van der Waals surface area contributed by atoms with Crippen LogP contribution in [0, 0.1) is 5.92 Å². The molecule has 2 rings (SSSR count). The summed E-state index contributed by atoms with van der Waals surface area (Å²) in [7, 11) is -0.0590. The highest BCUT2D eigenvalue weighted by Gasteiger charge is 2.53. The molecule has 0 N–H and O–H groups in total. The first-order valence-corrected chi connectivity index (χ1v) is 6.79. The molecule has 96 valence electrons. The van der Waals surface area contributed by atoms with Crippen molar-refractivity contribution < 1.29 is 9.31 Å². The Balaban J connectivity index is 2.08. The van der Waals surface area contributed by atoms with Crippen LogP contribution in [-0.4, -0.2) is 18.3 Å². The normalized spacial score (nSPS) is 31.1. The highest BCUT2D eigenvalue weighted by atomic mass is 16.7. The maximum atomic E-state index is 6.11. The maximum Gasteiger partial charge on any atom is 0.465 e. The molecule has 2 nitrogen and oxygen atoms in total. The predicted octanol–water partition coefficient (Wildman–Crippen LogP) is 3.83. The molecule has 0 bridgehead atoms. The van der Waals surface area contributed by atoms with Gasteiger partial charge in [0, 0.05) is 5.82 Å². The number of hydrogen-bond acceptors (Lipinski definition) is 2. The Labute approximate surface area is 106 Å². The van der Waals surface area contributed by atoms with Crippen LogP contribution in [0.25, 0.3) is 0 Å². The first kappa shape index (κ1) is 13.2. The summed E-state index contributed by atoms with van der Waals surface area (Å²) >= 11 is 0. The van der Waals surface area contributed by atoms with Gasteiger partial charge in [-0.15, -0.1) is 0 Å². The lowest BCUT2D eigenvalue weighted by atomic mass is 9.71. The van der Waals surface area contributed by atoms with Crippen molar-refractivity contribution in [1.29, 1.82) is 0 Å². The fourth-order valence-electron chi connectivity index (χ4n) is 2.53. The molecule has 1 atom stereocenters. The molecule has 0 spiro atoms. The fraction of sp³-hybridized carbons (Fsp3) is 0.857. The van der Waals surface area contributed by atoms with Gasteiger partial charge in [0.2, 0.25) is 0 Å². The molecule has 1 fully saturated rings. The Bertz CT molecular complexity index is 315. The molecule has 0 amide bonds. The van der Waals surface area contributed by atoms with Gasteiger partial charge in [0.1, 0.15) is 0 Å². The third-order valence-corrected chi connectivity index (χ3v) is 4.56. The first-order chi connectivity index (χ1) is 7.73. The standard InChI is InChI=1S/C14H25BO2/c1-10(2)11-7-8-12(9-11)15-16-13(3,4)14(5,6)17-15/h9-10,12H,7-8H2,1-6H3/t12-/m0/s1. The second kappa shape index (κ2) is 4.13. The van der Waals surface area contributed by atoms with E-state index in [2.05, 4.69) is 47.6 Å². The highest BCUT2D eigenvalue weighted by Crippen LogP contribution is 2.44. The van der Waals surface area contributed by atoms with E-state index in [4.69, 9.17) is 9.31 Å². The Hall–Kier alpha value is -0.275. The summed E-state index contributed by atoms with van der Waals surface area (Å²) in [6.07, 6.45) is 4.75. The molecular formula is C14H25BO2. The third kappa shape index (κ3) is 2.32. The van der Waals surface area contributed by atoms with E-state index in [0.717, 1.165) is 0 Å². The van der Waals surface area contributed by atoms with Gasteiger partial charge in [-0.3, -0.25) is 0 Å². The number of hydrogen-bond donors (Lipinski definition) is 0. The quantitative estimate of drug-likeness (QED) is 0.536. The molecule has 1 aliphatic carbocycles. The van der Waals surface area contributed by atoms with Crippen LogP contribution in [0.4, 0.5) is 0 Å². The topological polar surface area (TPSA) is 18.5 Å². The molecule has 0 saturated carbocycles. The Morgan fingerprint density at radius 2 is 1.71 bits per heavy atom. The van der Waals surface area contributed by atoms with E-state index in [0.29, 0.717) is 11.7 Å². The van der Waals surface area contributed by atoms with Crippen LogP contribution in [0.5, 0.6) is 0 Å². The Morgan fingerprint density at radius 1 is 1.18 bits per heavy atom. The van der Waals surface area contributed by atoms with Crippen molar-refractivity contribution in [2.75, 3.05) is 0 Å². The largest absolute Gasteiger partial charge is 0.465 e. The molecule has 2 aliphatic rings. The summed E-state index contributed by atoms with van der Waals surface area (Å²) in [5.41, 5.74) is 1.16. The molecule has 0 aromatic rings. The average molecular weight is 236 g/mol. The van der Waals surface area contributed by atoms with Crippen molar-refractivity contribution in [3.8, 4) is 0 Å². The lowest BCUT2D eigenvalue weighted by Gasteiger charge is -2.32. The highest BCUT2D eigenvalue weighted by molar-refractivity contribution is 6.48. The summed E-state index contributed by atoms with van der Waals surface area (Å²) < 4.78 is 12.2. The average Bonchev–Trinajstić information content (AvgIpc) is 2.70. The van der Waals surface area contributed by atoms with Gasteiger partial charge in [0.25, 0.3) is 0 Å². The van der Waals surface area contributed by atoms with E-state index in [1.165, 1.54) is 12.8 Å². The van der Waals surface area contributed by atoms with Gasteiger partial charge >= 0.3 is 7.12 Å². The van der Waals surface area contributed by atoms with Crippen molar-refractivity contribution in [2.24, 2.45) is 5.92 Å². The van der Waals surface area contributed by atoms with E-state index >= 15 is 0 Å². The van der Waals surface area contributed by atoms with Gasteiger partial charge in [-0.1, -0.05) is 25.5 Å². The second-order valence-electron chi connectivity index (χ2n) is 6.72. The van der Waals surface area contributed by atoms with Gasteiger partial charge in [0.15, 0.2) is 0 Å². The van der Waals surface area contributed by atoms with E-state index in [1.807, 2.05) is 0 Å². The minimum Gasteiger partial charge on any atom is -0.403 e. The van der Waals surface area contributed by atoms with E-state index < -0.39 is 0 Å². The molecule has 0 aromatic heterocycles. The van der Waals surface area contributed by atoms with Crippen LogP contribution >= 0.6 is 0 Å². The molecule has 1 heterocycles. The van der Waals surface area contributed by atoms with Gasteiger partial charge in [0.05, 0.1) is 11.2 Å². The summed E-state index contributed by atoms with van der Waals surface area (Å²) in [5, 5.41) is 0. The van der Waals surface area contributed by atoms with Crippen LogP contribution in [0.2, 0.25) is 5.82 Å². The van der Waals surface area contributed by atoms with Crippen molar-refractivity contribution >= 4 is 7.12 Å². The van der Waals surface area contributed by atoms with Crippen LogP contribution in [0.15, 0.2) is 11.6 Å². The minimum atomic E-state index is -0.202.